The van der Waals surface area contributed by atoms with Gasteiger partial charge >= 0.3 is 0 Å². The fraction of sp³-hybridized carbons (Fsp3) is 0.130. The number of nitrogens with one attached hydrogen (secondary N) is 1. The van der Waals surface area contributed by atoms with Crippen LogP contribution in [0.1, 0.15) is 18.4 Å². The number of phenols is 1. The summed E-state index contributed by atoms with van der Waals surface area (Å²) in [5.74, 6) is -2.29. The van der Waals surface area contributed by atoms with Gasteiger partial charge in [-0.15, -0.1) is 0 Å². The molecule has 0 aliphatic heterocycles. The van der Waals surface area contributed by atoms with Crippen LogP contribution in [0.15, 0.2) is 48.5 Å². The van der Waals surface area contributed by atoms with Gasteiger partial charge in [-0.3, -0.25) is 4.79 Å². The summed E-state index contributed by atoms with van der Waals surface area (Å²) in [5, 5.41) is 43.1. The van der Waals surface area contributed by atoms with E-state index in [0.29, 0.717) is 27.4 Å². The molecule has 1 unspecified atom stereocenters. The Morgan fingerprint density at radius 1 is 1.21 bits per heavy atom. The highest BCUT2D eigenvalue weighted by molar-refractivity contribution is 6.31. The number of carbonyl (C=O) groups is 2. The number of aromatic hydroxyl groups is 1. The Balaban J connectivity index is 1.98. The third-order valence-corrected chi connectivity index (χ3v) is 4.99. The van der Waals surface area contributed by atoms with Crippen molar-refractivity contribution in [2.24, 2.45) is 0 Å². The summed E-state index contributed by atoms with van der Waals surface area (Å²) in [5.41, 5.74) is 7.91. The third-order valence-electron chi connectivity index (χ3n) is 4.76. The second-order valence-electron chi connectivity index (χ2n) is 7.09. The molecule has 1 aromatic heterocycles. The molecule has 0 radical (unpaired) electrons. The highest BCUT2D eigenvalue weighted by Gasteiger charge is 2.18. The van der Waals surface area contributed by atoms with Crippen molar-refractivity contribution >= 4 is 35.0 Å². The molecule has 168 valence electrons. The van der Waals surface area contributed by atoms with E-state index < -0.39 is 24.4 Å². The Hall–Kier alpha value is -4.13. The molecule has 0 aliphatic rings. The predicted molar refractivity (Wildman–Crippen MR) is 120 cm³/mol. The highest BCUT2D eigenvalue weighted by atomic mass is 35.5. The number of anilines is 2. The van der Waals surface area contributed by atoms with Crippen molar-refractivity contribution < 1.29 is 24.9 Å². The minimum atomic E-state index is -1.53. The molecule has 9 nitrogen and oxygen atoms in total. The first kappa shape index (κ1) is 23.5. The third kappa shape index (κ3) is 5.57. The number of nitrogen functional groups attached to an aromatic ring is 1. The highest BCUT2D eigenvalue weighted by Crippen LogP contribution is 2.36. The summed E-state index contributed by atoms with van der Waals surface area (Å²) >= 11 is 6.04. The molecule has 0 bridgehead atoms. The van der Waals surface area contributed by atoms with E-state index >= 15 is 0 Å². The van der Waals surface area contributed by atoms with E-state index in [1.165, 1.54) is 18.2 Å². The summed E-state index contributed by atoms with van der Waals surface area (Å²) in [6, 6.07) is 14.4. The lowest BCUT2D eigenvalue weighted by molar-refractivity contribution is -0.306. The molecule has 0 aliphatic carbocycles. The van der Waals surface area contributed by atoms with Crippen LogP contribution in [0.3, 0.4) is 0 Å². The number of carbonyl (C=O) groups excluding carboxylic acids is 2. The van der Waals surface area contributed by atoms with Crippen molar-refractivity contribution in [2.45, 2.75) is 18.9 Å². The maximum atomic E-state index is 12.2. The van der Waals surface area contributed by atoms with Crippen molar-refractivity contribution in [3.63, 3.8) is 0 Å². The lowest BCUT2D eigenvalue weighted by Crippen LogP contribution is -2.30. The molecular formula is C23H18ClN4O5-. The van der Waals surface area contributed by atoms with E-state index in [0.717, 1.165) is 0 Å². The number of nitriles is 1. The number of amides is 1. The fourth-order valence-electron chi connectivity index (χ4n) is 3.14. The Bertz CT molecular complexity index is 1270. The lowest BCUT2D eigenvalue weighted by Gasteiger charge is -2.14. The number of rotatable bonds is 7. The van der Waals surface area contributed by atoms with Gasteiger partial charge in [-0.25, -0.2) is 4.98 Å². The number of hydrogen-bond donors (Lipinski definition) is 4. The zero-order valence-corrected chi connectivity index (χ0v) is 17.8. The zero-order chi connectivity index (χ0) is 24.1. The normalized spacial score (nSPS) is 11.4. The molecule has 0 fully saturated rings. The van der Waals surface area contributed by atoms with Gasteiger partial charge in [-0.2, -0.15) is 5.26 Å². The van der Waals surface area contributed by atoms with Crippen molar-refractivity contribution in [2.75, 3.05) is 11.1 Å². The van der Waals surface area contributed by atoms with Crippen LogP contribution in [0, 0.1) is 11.3 Å². The number of benzene rings is 2. The molecular weight excluding hydrogens is 448 g/mol. The van der Waals surface area contributed by atoms with Crippen LogP contribution in [-0.2, 0) is 9.59 Å². The van der Waals surface area contributed by atoms with Crippen LogP contribution in [0.25, 0.3) is 22.4 Å². The average molecular weight is 466 g/mol. The van der Waals surface area contributed by atoms with Gasteiger partial charge in [0.05, 0.1) is 5.69 Å². The Morgan fingerprint density at radius 2 is 1.97 bits per heavy atom. The number of carboxylic acid groups (broad SMARTS) is 1. The quantitative estimate of drug-likeness (QED) is 0.410. The van der Waals surface area contributed by atoms with E-state index in [-0.39, 0.29) is 29.2 Å². The van der Waals surface area contributed by atoms with Crippen molar-refractivity contribution in [3.05, 3.63) is 59.1 Å². The first-order chi connectivity index (χ1) is 15.7. The molecule has 3 rings (SSSR count). The number of phenolic OH excluding ortho intramolecular Hbond substituents is 1. The smallest absolute Gasteiger partial charge is 0.253 e. The second-order valence-corrected chi connectivity index (χ2v) is 7.52. The Kier molecular flexibility index (Phi) is 7.13. The zero-order valence-electron chi connectivity index (χ0n) is 17.1. The fourth-order valence-corrected chi connectivity index (χ4v) is 3.31. The van der Waals surface area contributed by atoms with Crippen LogP contribution in [0.4, 0.5) is 11.5 Å². The lowest BCUT2D eigenvalue weighted by atomic mass is 9.97. The van der Waals surface area contributed by atoms with E-state index in [1.807, 2.05) is 6.07 Å². The molecule has 33 heavy (non-hydrogen) atoms. The van der Waals surface area contributed by atoms with Crippen LogP contribution < -0.4 is 16.2 Å². The number of nitrogens with two attached hydrogens (primary N) is 1. The molecule has 10 heteroatoms. The molecule has 0 saturated carbocycles. The minimum absolute atomic E-state index is 0.0588. The first-order valence-corrected chi connectivity index (χ1v) is 10.1. The van der Waals surface area contributed by atoms with Crippen molar-refractivity contribution in [3.8, 4) is 34.2 Å². The van der Waals surface area contributed by atoms with E-state index in [4.69, 9.17) is 17.3 Å². The molecule has 3 aromatic rings. The van der Waals surface area contributed by atoms with Crippen molar-refractivity contribution in [1.82, 2.24) is 4.98 Å². The molecule has 5 N–H and O–H groups in total. The van der Waals surface area contributed by atoms with Gasteiger partial charge in [0.2, 0.25) is 0 Å². The van der Waals surface area contributed by atoms with Crippen LogP contribution >= 0.6 is 11.6 Å². The molecule has 1 amide bonds. The number of pyridine rings is 1. The van der Waals surface area contributed by atoms with Gasteiger partial charge in [0.25, 0.3) is 5.91 Å². The standard InChI is InChI=1S/C23H19ClN4O5/c24-13-4-5-19(29)16(9-13)18-10-15(17(11-25)22(26)28-18)12-2-1-3-14(8-12)27-23(33)20(30)6-7-21(31)32/h1-5,8-10,20,29-30H,6-7H2,(H2,26,28)(H,27,33)(H,31,32)/p-1. The molecule has 1 heterocycles. The molecule has 0 spiro atoms. The summed E-state index contributed by atoms with van der Waals surface area (Å²) in [7, 11) is 0. The van der Waals surface area contributed by atoms with Crippen LogP contribution in [0.2, 0.25) is 5.02 Å². The van der Waals surface area contributed by atoms with Gasteiger partial charge in [0, 0.05) is 27.8 Å². The minimum Gasteiger partial charge on any atom is -0.550 e. The summed E-state index contributed by atoms with van der Waals surface area (Å²) in [6.07, 6.45) is -2.29. The number of aliphatic carboxylic acids is 1. The van der Waals surface area contributed by atoms with Gasteiger partial charge in [-0.05, 0) is 54.8 Å². The number of hydrogen-bond acceptors (Lipinski definition) is 8. The number of aliphatic hydroxyl groups excluding tert-OH is 1. The van der Waals surface area contributed by atoms with E-state index in [9.17, 15) is 30.2 Å². The average Bonchev–Trinajstić information content (AvgIpc) is 2.78. The van der Waals surface area contributed by atoms with Gasteiger partial charge in [-0.1, -0.05) is 23.7 Å². The maximum Gasteiger partial charge on any atom is 0.253 e. The van der Waals surface area contributed by atoms with Crippen LogP contribution in [-0.4, -0.2) is 33.2 Å². The Morgan fingerprint density at radius 3 is 2.67 bits per heavy atom. The summed E-state index contributed by atoms with van der Waals surface area (Å²) in [6.45, 7) is 0. The molecule has 0 saturated heterocycles. The molecule has 1 atom stereocenters. The number of halogens is 1. The van der Waals surface area contributed by atoms with Gasteiger partial charge < -0.3 is 31.2 Å². The topological polar surface area (TPSA) is 172 Å². The van der Waals surface area contributed by atoms with E-state index in [1.54, 1.807) is 30.3 Å². The van der Waals surface area contributed by atoms with Gasteiger partial charge in [0.15, 0.2) is 0 Å². The molecule has 2 aromatic carbocycles. The monoisotopic (exact) mass is 465 g/mol. The predicted octanol–water partition coefficient (Wildman–Crippen LogP) is 2.06. The maximum absolute atomic E-state index is 12.2. The SMILES string of the molecule is N#Cc1c(-c2cccc(NC(=O)C(O)CCC(=O)[O-])c2)cc(-c2cc(Cl)ccc2O)nc1N. The van der Waals surface area contributed by atoms with Gasteiger partial charge in [0.1, 0.15) is 29.3 Å². The first-order valence-electron chi connectivity index (χ1n) is 9.68. The summed E-state index contributed by atoms with van der Waals surface area (Å²) < 4.78 is 0. The van der Waals surface area contributed by atoms with E-state index in [2.05, 4.69) is 10.3 Å². The second kappa shape index (κ2) is 9.99. The van der Waals surface area contributed by atoms with Crippen molar-refractivity contribution in [1.29, 1.82) is 5.26 Å². The van der Waals surface area contributed by atoms with Crippen LogP contribution in [0.5, 0.6) is 5.75 Å². The number of aliphatic hydroxyl groups is 1. The number of nitrogens with zero attached hydrogens (tertiary/aromatic N) is 2. The number of aromatic nitrogens is 1. The number of carboxylic acids is 1. The largest absolute Gasteiger partial charge is 0.550 e. The Labute approximate surface area is 193 Å². The summed E-state index contributed by atoms with van der Waals surface area (Å²) in [4.78, 5) is 26.9.